The molecule has 21 heavy (non-hydrogen) atoms. The van der Waals surface area contributed by atoms with Crippen LogP contribution in [0.3, 0.4) is 0 Å². The van der Waals surface area contributed by atoms with E-state index in [1.54, 1.807) is 4.90 Å². The lowest BCUT2D eigenvalue weighted by Crippen LogP contribution is -2.47. The lowest BCUT2D eigenvalue weighted by atomic mass is 10.1. The summed E-state index contributed by atoms with van der Waals surface area (Å²) in [6, 6.07) is 8.20. The van der Waals surface area contributed by atoms with Crippen LogP contribution < -0.4 is 5.32 Å². The normalized spacial score (nSPS) is 20.1. The molecule has 2 atom stereocenters. The molecule has 1 fully saturated rings. The molecule has 1 aliphatic heterocycles. The van der Waals surface area contributed by atoms with Crippen molar-refractivity contribution < 1.29 is 9.90 Å². The van der Waals surface area contributed by atoms with Gasteiger partial charge in [-0.15, -0.1) is 11.8 Å². The first-order valence-electron chi connectivity index (χ1n) is 7.56. The van der Waals surface area contributed by atoms with E-state index in [9.17, 15) is 9.90 Å². The van der Waals surface area contributed by atoms with Gasteiger partial charge in [0.25, 0.3) is 0 Å². The maximum Gasteiger partial charge on any atom is 0.317 e. The standard InChI is InChI=1S/C16H24N2O2S/c1-3-21-15-8-6-13(7-9-15)12(2)17-16(20)18-10-4-5-14(19)11-18/h6-9,12,14,19H,3-5,10-11H2,1-2H3,(H,17,20)/t12-,14+/m1/s1. The fourth-order valence-corrected chi connectivity index (χ4v) is 3.18. The summed E-state index contributed by atoms with van der Waals surface area (Å²) in [7, 11) is 0. The second-order valence-corrected chi connectivity index (χ2v) is 6.75. The topological polar surface area (TPSA) is 52.6 Å². The fraction of sp³-hybridized carbons (Fsp3) is 0.562. The number of nitrogens with one attached hydrogen (secondary N) is 1. The molecule has 2 N–H and O–H groups in total. The molecule has 116 valence electrons. The molecule has 0 radical (unpaired) electrons. The van der Waals surface area contributed by atoms with E-state index in [1.807, 2.05) is 18.7 Å². The minimum atomic E-state index is -0.384. The summed E-state index contributed by atoms with van der Waals surface area (Å²) < 4.78 is 0. The highest BCUT2D eigenvalue weighted by atomic mass is 32.2. The van der Waals surface area contributed by atoms with E-state index in [0.29, 0.717) is 6.54 Å². The predicted octanol–water partition coefficient (Wildman–Crippen LogP) is 3.03. The van der Waals surface area contributed by atoms with Gasteiger partial charge < -0.3 is 15.3 Å². The molecular formula is C16H24N2O2S. The molecular weight excluding hydrogens is 284 g/mol. The zero-order chi connectivity index (χ0) is 15.2. The first-order chi connectivity index (χ1) is 10.1. The molecule has 1 aliphatic rings. The Bertz CT molecular complexity index is 464. The average Bonchev–Trinajstić information content (AvgIpc) is 2.48. The van der Waals surface area contributed by atoms with Gasteiger partial charge >= 0.3 is 6.03 Å². The third-order valence-electron chi connectivity index (χ3n) is 3.71. The van der Waals surface area contributed by atoms with Gasteiger partial charge in [-0.25, -0.2) is 4.79 Å². The lowest BCUT2D eigenvalue weighted by Gasteiger charge is -2.31. The average molecular weight is 308 g/mol. The number of aliphatic hydroxyl groups excluding tert-OH is 1. The van der Waals surface area contributed by atoms with Gasteiger partial charge in [0.05, 0.1) is 12.1 Å². The highest BCUT2D eigenvalue weighted by Crippen LogP contribution is 2.21. The number of amides is 2. The van der Waals surface area contributed by atoms with Crippen molar-refractivity contribution in [1.82, 2.24) is 10.2 Å². The van der Waals surface area contributed by atoms with E-state index in [2.05, 4.69) is 36.5 Å². The van der Waals surface area contributed by atoms with Crippen LogP contribution in [-0.2, 0) is 0 Å². The zero-order valence-corrected chi connectivity index (χ0v) is 13.5. The molecule has 0 spiro atoms. The number of benzene rings is 1. The van der Waals surface area contributed by atoms with Crippen LogP contribution in [-0.4, -0.2) is 41.0 Å². The molecule has 2 rings (SSSR count). The third-order valence-corrected chi connectivity index (χ3v) is 4.61. The van der Waals surface area contributed by atoms with Crippen LogP contribution in [0.15, 0.2) is 29.2 Å². The molecule has 2 amide bonds. The maximum absolute atomic E-state index is 12.2. The number of urea groups is 1. The molecule has 5 heteroatoms. The van der Waals surface area contributed by atoms with Crippen molar-refractivity contribution in [2.75, 3.05) is 18.8 Å². The second kappa shape index (κ2) is 7.71. The molecule has 0 saturated carbocycles. The molecule has 4 nitrogen and oxygen atoms in total. The predicted molar refractivity (Wildman–Crippen MR) is 86.6 cm³/mol. The van der Waals surface area contributed by atoms with Crippen molar-refractivity contribution in [2.45, 2.75) is 43.7 Å². The van der Waals surface area contributed by atoms with E-state index in [1.165, 1.54) is 4.90 Å². The smallest absolute Gasteiger partial charge is 0.317 e. The van der Waals surface area contributed by atoms with E-state index in [0.717, 1.165) is 30.7 Å². The van der Waals surface area contributed by atoms with Crippen LogP contribution in [0.2, 0.25) is 0 Å². The molecule has 1 aromatic carbocycles. The van der Waals surface area contributed by atoms with Gasteiger partial charge in [-0.3, -0.25) is 0 Å². The number of piperidine rings is 1. The van der Waals surface area contributed by atoms with Crippen molar-refractivity contribution >= 4 is 17.8 Å². The first-order valence-corrected chi connectivity index (χ1v) is 8.55. The van der Waals surface area contributed by atoms with Crippen molar-refractivity contribution in [2.24, 2.45) is 0 Å². The van der Waals surface area contributed by atoms with Gasteiger partial charge in [0.15, 0.2) is 0 Å². The summed E-state index contributed by atoms with van der Waals surface area (Å²) in [5.74, 6) is 1.06. The van der Waals surface area contributed by atoms with E-state index in [-0.39, 0.29) is 18.2 Å². The first kappa shape index (κ1) is 16.2. The number of nitrogens with zero attached hydrogens (tertiary/aromatic N) is 1. The quantitative estimate of drug-likeness (QED) is 0.841. The Hall–Kier alpha value is -1.20. The molecule has 0 aliphatic carbocycles. The maximum atomic E-state index is 12.2. The minimum absolute atomic E-state index is 0.0303. The zero-order valence-electron chi connectivity index (χ0n) is 12.7. The third kappa shape index (κ3) is 4.64. The van der Waals surface area contributed by atoms with E-state index >= 15 is 0 Å². The van der Waals surface area contributed by atoms with Crippen LogP contribution in [0.25, 0.3) is 0 Å². The summed E-state index contributed by atoms with van der Waals surface area (Å²) in [5.41, 5.74) is 1.10. The van der Waals surface area contributed by atoms with Gasteiger partial charge in [0.2, 0.25) is 0 Å². The van der Waals surface area contributed by atoms with E-state index < -0.39 is 0 Å². The SMILES string of the molecule is CCSc1ccc([C@@H](C)NC(=O)N2CCC[C@H](O)C2)cc1. The Morgan fingerprint density at radius 3 is 2.81 bits per heavy atom. The summed E-state index contributed by atoms with van der Waals surface area (Å²) in [6.45, 7) is 5.28. The summed E-state index contributed by atoms with van der Waals surface area (Å²) in [5, 5.41) is 12.6. The Morgan fingerprint density at radius 1 is 1.48 bits per heavy atom. The largest absolute Gasteiger partial charge is 0.391 e. The molecule has 0 aromatic heterocycles. The van der Waals surface area contributed by atoms with Gasteiger partial charge in [-0.2, -0.15) is 0 Å². The number of rotatable bonds is 4. The van der Waals surface area contributed by atoms with Gasteiger partial charge in [0.1, 0.15) is 0 Å². The van der Waals surface area contributed by atoms with Crippen molar-refractivity contribution in [3.8, 4) is 0 Å². The molecule has 0 unspecified atom stereocenters. The van der Waals surface area contributed by atoms with Crippen LogP contribution in [0, 0.1) is 0 Å². The Kier molecular flexibility index (Phi) is 5.94. The number of β-amino-alcohol motifs (C(OH)–C–C–N with tert-alkyl or cyclic N) is 1. The van der Waals surface area contributed by atoms with Crippen LogP contribution in [0.1, 0.15) is 38.3 Å². The highest BCUT2D eigenvalue weighted by Gasteiger charge is 2.23. The molecule has 1 saturated heterocycles. The Balaban J connectivity index is 1.90. The van der Waals surface area contributed by atoms with Crippen molar-refractivity contribution in [3.05, 3.63) is 29.8 Å². The number of likely N-dealkylation sites (tertiary alicyclic amines) is 1. The number of carbonyl (C=O) groups excluding carboxylic acids is 1. The lowest BCUT2D eigenvalue weighted by molar-refractivity contribution is 0.0835. The number of aliphatic hydroxyl groups is 1. The van der Waals surface area contributed by atoms with Gasteiger partial charge in [0, 0.05) is 18.0 Å². The van der Waals surface area contributed by atoms with Crippen LogP contribution in [0.4, 0.5) is 4.79 Å². The molecule has 1 heterocycles. The summed E-state index contributed by atoms with van der Waals surface area (Å²) in [6.07, 6.45) is 1.27. The number of hydrogen-bond donors (Lipinski definition) is 2. The van der Waals surface area contributed by atoms with Gasteiger partial charge in [-0.05, 0) is 43.2 Å². The monoisotopic (exact) mass is 308 g/mol. The second-order valence-electron chi connectivity index (χ2n) is 5.42. The number of thioether (sulfide) groups is 1. The Morgan fingerprint density at radius 2 is 2.19 bits per heavy atom. The fourth-order valence-electron chi connectivity index (χ4n) is 2.52. The minimum Gasteiger partial charge on any atom is -0.391 e. The van der Waals surface area contributed by atoms with E-state index in [4.69, 9.17) is 0 Å². The van der Waals surface area contributed by atoms with Crippen LogP contribution >= 0.6 is 11.8 Å². The van der Waals surface area contributed by atoms with Crippen molar-refractivity contribution in [3.63, 3.8) is 0 Å². The number of hydrogen-bond acceptors (Lipinski definition) is 3. The Labute approximate surface area is 130 Å². The highest BCUT2D eigenvalue weighted by molar-refractivity contribution is 7.99. The summed E-state index contributed by atoms with van der Waals surface area (Å²) in [4.78, 5) is 15.1. The molecule has 0 bridgehead atoms. The summed E-state index contributed by atoms with van der Waals surface area (Å²) >= 11 is 1.81. The van der Waals surface area contributed by atoms with Crippen molar-refractivity contribution in [1.29, 1.82) is 0 Å². The number of carbonyl (C=O) groups is 1. The van der Waals surface area contributed by atoms with Gasteiger partial charge in [-0.1, -0.05) is 19.1 Å². The van der Waals surface area contributed by atoms with Crippen LogP contribution in [0.5, 0.6) is 0 Å². The molecule has 1 aromatic rings.